The van der Waals surface area contributed by atoms with Crippen molar-refractivity contribution in [3.63, 3.8) is 0 Å². The van der Waals surface area contributed by atoms with Gasteiger partial charge in [0.05, 0.1) is 6.04 Å². The Morgan fingerprint density at radius 2 is 1.88 bits per heavy atom. The minimum absolute atomic E-state index is 0.0486. The zero-order valence-corrected chi connectivity index (χ0v) is 16.0. The van der Waals surface area contributed by atoms with E-state index in [-0.39, 0.29) is 17.7 Å². The van der Waals surface area contributed by atoms with Crippen molar-refractivity contribution in [2.75, 3.05) is 20.6 Å². The highest BCUT2D eigenvalue weighted by Crippen LogP contribution is 2.25. The molecule has 1 aromatic carbocycles. The number of rotatable bonds is 6. The van der Waals surface area contributed by atoms with Gasteiger partial charge in [-0.05, 0) is 52.1 Å². The molecule has 2 rings (SSSR count). The largest absolute Gasteiger partial charge is 0.354 e. The van der Waals surface area contributed by atoms with Crippen molar-refractivity contribution in [1.82, 2.24) is 15.2 Å². The number of aromatic amines is 1. The molecule has 6 heteroatoms. The quantitative estimate of drug-likeness (QED) is 0.774. The molecular formula is C19H24ClN3O2. The summed E-state index contributed by atoms with van der Waals surface area (Å²) in [5.41, 5.74) is 3.37. The highest BCUT2D eigenvalue weighted by molar-refractivity contribution is 6.31. The number of carbonyl (C=O) groups excluding carboxylic acids is 2. The molecule has 0 aliphatic heterocycles. The third kappa shape index (κ3) is 4.11. The number of benzene rings is 1. The molecule has 5 nitrogen and oxygen atoms in total. The predicted molar refractivity (Wildman–Crippen MR) is 100 cm³/mol. The van der Waals surface area contributed by atoms with Gasteiger partial charge >= 0.3 is 0 Å². The average molecular weight is 362 g/mol. The number of hydrogen-bond acceptors (Lipinski definition) is 3. The van der Waals surface area contributed by atoms with Crippen LogP contribution < -0.4 is 5.32 Å². The Labute approximate surface area is 153 Å². The maximum atomic E-state index is 12.6. The van der Waals surface area contributed by atoms with Crippen molar-refractivity contribution < 1.29 is 9.59 Å². The molecule has 0 saturated heterocycles. The second-order valence-corrected chi connectivity index (χ2v) is 6.80. The first-order valence-corrected chi connectivity index (χ1v) is 8.51. The molecule has 2 aromatic rings. The fraction of sp³-hybridized carbons (Fsp3) is 0.368. The summed E-state index contributed by atoms with van der Waals surface area (Å²) in [6, 6.07) is 7.55. The van der Waals surface area contributed by atoms with Gasteiger partial charge in [-0.25, -0.2) is 0 Å². The van der Waals surface area contributed by atoms with Crippen molar-refractivity contribution in [1.29, 1.82) is 0 Å². The van der Waals surface area contributed by atoms with E-state index in [0.29, 0.717) is 34.1 Å². The molecule has 1 amide bonds. The van der Waals surface area contributed by atoms with Crippen molar-refractivity contribution in [2.45, 2.75) is 26.8 Å². The van der Waals surface area contributed by atoms with E-state index in [2.05, 4.69) is 10.3 Å². The summed E-state index contributed by atoms with van der Waals surface area (Å²) in [7, 11) is 3.89. The number of aromatic nitrogens is 1. The number of nitrogens with one attached hydrogen (secondary N) is 2. The smallest absolute Gasteiger partial charge is 0.268 e. The Morgan fingerprint density at radius 3 is 2.40 bits per heavy atom. The Balaban J connectivity index is 2.19. The van der Waals surface area contributed by atoms with Crippen LogP contribution in [0.3, 0.4) is 0 Å². The van der Waals surface area contributed by atoms with E-state index in [1.165, 1.54) is 6.92 Å². The number of halogens is 1. The molecule has 0 saturated carbocycles. The lowest BCUT2D eigenvalue weighted by Crippen LogP contribution is -2.35. The van der Waals surface area contributed by atoms with Crippen molar-refractivity contribution in [2.24, 2.45) is 0 Å². The Hall–Kier alpha value is -2.11. The van der Waals surface area contributed by atoms with E-state index >= 15 is 0 Å². The number of Topliss-reactive ketones (excluding diaryl/α,β-unsaturated/α-hetero) is 1. The van der Waals surface area contributed by atoms with Gasteiger partial charge in [0.25, 0.3) is 5.91 Å². The zero-order valence-electron chi connectivity index (χ0n) is 15.2. The number of ketones is 1. The summed E-state index contributed by atoms with van der Waals surface area (Å²) < 4.78 is 0. The fourth-order valence-electron chi connectivity index (χ4n) is 3.10. The number of likely N-dealkylation sites (N-methyl/N-ethyl adjacent to an activating group) is 1. The van der Waals surface area contributed by atoms with Crippen LogP contribution in [0.15, 0.2) is 24.3 Å². The van der Waals surface area contributed by atoms with Crippen LogP contribution in [-0.4, -0.2) is 42.2 Å². The molecule has 0 aliphatic rings. The lowest BCUT2D eigenvalue weighted by atomic mass is 10.1. The Bertz CT molecular complexity index is 796. The van der Waals surface area contributed by atoms with E-state index in [1.54, 1.807) is 13.8 Å². The number of carbonyl (C=O) groups is 2. The van der Waals surface area contributed by atoms with Crippen LogP contribution >= 0.6 is 11.6 Å². The molecule has 0 aliphatic carbocycles. The Morgan fingerprint density at radius 1 is 1.24 bits per heavy atom. The number of H-pyrrole nitrogens is 1. The van der Waals surface area contributed by atoms with Crippen LogP contribution in [0.4, 0.5) is 0 Å². The van der Waals surface area contributed by atoms with E-state index in [1.807, 2.05) is 43.3 Å². The highest BCUT2D eigenvalue weighted by atomic mass is 35.5. The number of aryl methyl sites for hydroxylation is 1. The number of amides is 1. The van der Waals surface area contributed by atoms with Gasteiger partial charge in [-0.1, -0.05) is 29.8 Å². The molecule has 0 fully saturated rings. The van der Waals surface area contributed by atoms with E-state index < -0.39 is 0 Å². The van der Waals surface area contributed by atoms with Gasteiger partial charge in [-0.3, -0.25) is 9.59 Å². The van der Waals surface area contributed by atoms with Crippen LogP contribution in [-0.2, 0) is 0 Å². The molecule has 0 unspecified atom stereocenters. The van der Waals surface area contributed by atoms with Gasteiger partial charge in [-0.2, -0.15) is 0 Å². The molecule has 2 N–H and O–H groups in total. The molecule has 0 spiro atoms. The van der Waals surface area contributed by atoms with Crippen LogP contribution in [0.5, 0.6) is 0 Å². The maximum Gasteiger partial charge on any atom is 0.268 e. The molecule has 1 heterocycles. The van der Waals surface area contributed by atoms with Crippen LogP contribution in [0.2, 0.25) is 5.02 Å². The standard InChI is InChI=1S/C19H24ClN3O2/c1-11-17(13(3)24)12(2)22-18(11)19(25)21-10-16(23(4)5)14-8-6-7-9-15(14)20/h6-9,16,22H,10H2,1-5H3,(H,21,25)/t16-/m1/s1. The summed E-state index contributed by atoms with van der Waals surface area (Å²) >= 11 is 6.30. The summed E-state index contributed by atoms with van der Waals surface area (Å²) in [5.74, 6) is -0.278. The lowest BCUT2D eigenvalue weighted by Gasteiger charge is -2.26. The monoisotopic (exact) mass is 361 g/mol. The Kier molecular flexibility index (Phi) is 6.03. The molecule has 25 heavy (non-hydrogen) atoms. The molecule has 1 atom stereocenters. The topological polar surface area (TPSA) is 65.2 Å². The van der Waals surface area contributed by atoms with Gasteiger partial charge in [0.2, 0.25) is 0 Å². The first kappa shape index (κ1) is 19.2. The lowest BCUT2D eigenvalue weighted by molar-refractivity contribution is 0.0936. The predicted octanol–water partition coefficient (Wildman–Crippen LogP) is 3.52. The summed E-state index contributed by atoms with van der Waals surface area (Å²) in [5, 5.41) is 3.61. The van der Waals surface area contributed by atoms with Gasteiger partial charge in [-0.15, -0.1) is 0 Å². The highest BCUT2D eigenvalue weighted by Gasteiger charge is 2.22. The second kappa shape index (κ2) is 7.85. The van der Waals surface area contributed by atoms with Crippen LogP contribution in [0.25, 0.3) is 0 Å². The van der Waals surface area contributed by atoms with E-state index in [0.717, 1.165) is 5.56 Å². The van der Waals surface area contributed by atoms with E-state index in [4.69, 9.17) is 11.6 Å². The number of nitrogens with zero attached hydrogens (tertiary/aromatic N) is 1. The fourth-order valence-corrected chi connectivity index (χ4v) is 3.36. The first-order chi connectivity index (χ1) is 11.7. The summed E-state index contributed by atoms with van der Waals surface area (Å²) in [6.45, 7) is 5.49. The van der Waals surface area contributed by atoms with Gasteiger partial charge < -0.3 is 15.2 Å². The van der Waals surface area contributed by atoms with Crippen molar-refractivity contribution >= 4 is 23.3 Å². The van der Waals surface area contributed by atoms with Crippen molar-refractivity contribution in [3.8, 4) is 0 Å². The zero-order chi connectivity index (χ0) is 18.7. The molecule has 134 valence electrons. The normalized spacial score (nSPS) is 12.3. The molecular weight excluding hydrogens is 338 g/mol. The third-order valence-corrected chi connectivity index (χ3v) is 4.70. The third-order valence-electron chi connectivity index (χ3n) is 4.36. The van der Waals surface area contributed by atoms with E-state index in [9.17, 15) is 9.59 Å². The van der Waals surface area contributed by atoms with Crippen LogP contribution in [0, 0.1) is 13.8 Å². The molecule has 0 radical (unpaired) electrons. The number of hydrogen-bond donors (Lipinski definition) is 2. The van der Waals surface area contributed by atoms with Crippen molar-refractivity contribution in [3.05, 3.63) is 57.4 Å². The minimum Gasteiger partial charge on any atom is -0.354 e. The molecule has 0 bridgehead atoms. The van der Waals surface area contributed by atoms with Gasteiger partial charge in [0, 0.05) is 22.8 Å². The minimum atomic E-state index is -0.230. The average Bonchev–Trinajstić information content (AvgIpc) is 2.83. The SMILES string of the molecule is CC(=O)c1c(C)[nH]c(C(=O)NC[C@H](c2ccccc2Cl)N(C)C)c1C. The van der Waals surface area contributed by atoms with Gasteiger partial charge in [0.15, 0.2) is 5.78 Å². The molecule has 1 aromatic heterocycles. The summed E-state index contributed by atoms with van der Waals surface area (Å²) in [6.07, 6.45) is 0. The summed E-state index contributed by atoms with van der Waals surface area (Å²) in [4.78, 5) is 29.4. The second-order valence-electron chi connectivity index (χ2n) is 6.39. The maximum absolute atomic E-state index is 12.6. The van der Waals surface area contributed by atoms with Crippen LogP contribution in [0.1, 0.15) is 50.6 Å². The first-order valence-electron chi connectivity index (χ1n) is 8.13. The van der Waals surface area contributed by atoms with Gasteiger partial charge in [0.1, 0.15) is 5.69 Å².